The van der Waals surface area contributed by atoms with Crippen molar-refractivity contribution in [3.63, 3.8) is 0 Å². The lowest BCUT2D eigenvalue weighted by Gasteiger charge is -2.54. The maximum absolute atomic E-state index is 13.4. The molecular weight excluding hydrogens is 560 g/mol. The highest BCUT2D eigenvalue weighted by Crippen LogP contribution is 2.35. The van der Waals surface area contributed by atoms with Crippen LogP contribution >= 0.6 is 0 Å². The minimum atomic E-state index is -3.14. The topological polar surface area (TPSA) is 90.0 Å². The number of hydrogen-bond donors (Lipinski definition) is 0. The quantitative estimate of drug-likeness (QED) is 0.450. The molecule has 0 unspecified atom stereocenters. The van der Waals surface area contributed by atoms with Gasteiger partial charge in [0.05, 0.1) is 22.7 Å². The van der Waals surface area contributed by atoms with Gasteiger partial charge in [-0.1, -0.05) is 30.3 Å². The molecule has 43 heavy (non-hydrogen) atoms. The molecule has 10 heteroatoms. The number of carbonyl (C=O) groups excluding carboxylic acids is 1. The van der Waals surface area contributed by atoms with Gasteiger partial charge in [0.15, 0.2) is 0 Å². The number of aryl methyl sites for hydroxylation is 2. The second kappa shape index (κ2) is 13.3. The number of rotatable bonds is 8. The smallest absolute Gasteiger partial charge is 0.257 e. The maximum Gasteiger partial charge on any atom is 0.257 e. The van der Waals surface area contributed by atoms with Crippen molar-refractivity contribution in [2.45, 2.75) is 84.3 Å². The van der Waals surface area contributed by atoms with Gasteiger partial charge >= 0.3 is 0 Å². The van der Waals surface area contributed by atoms with Crippen LogP contribution in [0.25, 0.3) is 0 Å². The summed E-state index contributed by atoms with van der Waals surface area (Å²) in [6, 6.07) is 11.5. The van der Waals surface area contributed by atoms with Crippen LogP contribution in [0.15, 0.2) is 36.7 Å². The fraction of sp³-hybridized carbons (Fsp3) is 0.667. The number of piperazine rings is 1. The predicted molar refractivity (Wildman–Crippen MR) is 170 cm³/mol. The summed E-state index contributed by atoms with van der Waals surface area (Å²) < 4.78 is 26.8. The van der Waals surface area contributed by atoms with E-state index in [1.54, 1.807) is 11.2 Å². The summed E-state index contributed by atoms with van der Waals surface area (Å²) in [6.07, 6.45) is 6.25. The van der Waals surface area contributed by atoms with Crippen LogP contribution in [0.1, 0.15) is 73.8 Å². The number of nitrogens with zero attached hydrogens (tertiary/aromatic N) is 6. The summed E-state index contributed by atoms with van der Waals surface area (Å²) >= 11 is 0. The Morgan fingerprint density at radius 2 is 1.60 bits per heavy atom. The van der Waals surface area contributed by atoms with Crippen LogP contribution in [0.5, 0.6) is 0 Å². The molecule has 1 amide bonds. The van der Waals surface area contributed by atoms with Crippen molar-refractivity contribution in [3.05, 3.63) is 59.2 Å². The van der Waals surface area contributed by atoms with Gasteiger partial charge in [0.1, 0.15) is 6.33 Å². The number of carbonyl (C=O) groups is 1. The minimum absolute atomic E-state index is 0.0531. The van der Waals surface area contributed by atoms with Crippen molar-refractivity contribution in [3.8, 4) is 0 Å². The Balaban J connectivity index is 1.24. The highest BCUT2D eigenvalue weighted by Gasteiger charge is 2.43. The molecule has 0 spiro atoms. The van der Waals surface area contributed by atoms with Crippen molar-refractivity contribution in [2.24, 2.45) is 5.92 Å². The van der Waals surface area contributed by atoms with Gasteiger partial charge in [-0.15, -0.1) is 0 Å². The van der Waals surface area contributed by atoms with E-state index in [0.29, 0.717) is 36.7 Å². The Morgan fingerprint density at radius 1 is 0.977 bits per heavy atom. The third-order valence-corrected chi connectivity index (χ3v) is 12.4. The Labute approximate surface area is 258 Å². The van der Waals surface area contributed by atoms with E-state index in [1.807, 2.05) is 18.7 Å². The SMILES string of the molecule is CCS(=O)(=O)N1CCC([C@H](Cc2ccccc2)N2CCN(C3(C)CCN(C(=O)c4c(C)ncnc4C)CC3)C[C@@H]2C)CC1. The summed E-state index contributed by atoms with van der Waals surface area (Å²) in [5.41, 5.74) is 3.56. The second-order valence-corrected chi connectivity index (χ2v) is 15.4. The van der Waals surface area contributed by atoms with E-state index in [1.165, 1.54) is 11.9 Å². The molecule has 3 aliphatic rings. The first kappa shape index (κ1) is 32.0. The Hall–Kier alpha value is -2.40. The third kappa shape index (κ3) is 6.97. The van der Waals surface area contributed by atoms with E-state index in [4.69, 9.17) is 0 Å². The molecular formula is C33H50N6O3S. The molecule has 5 rings (SSSR count). The number of piperidine rings is 2. The average molecular weight is 611 g/mol. The van der Waals surface area contributed by atoms with Gasteiger partial charge in [0.2, 0.25) is 10.0 Å². The number of sulfonamides is 1. The van der Waals surface area contributed by atoms with Gasteiger partial charge in [-0.2, -0.15) is 0 Å². The van der Waals surface area contributed by atoms with Crippen LogP contribution in [0.4, 0.5) is 0 Å². The van der Waals surface area contributed by atoms with Crippen molar-refractivity contribution in [1.29, 1.82) is 0 Å². The first-order valence-corrected chi connectivity index (χ1v) is 17.7. The van der Waals surface area contributed by atoms with Crippen LogP contribution < -0.4 is 0 Å². The molecule has 2 atom stereocenters. The highest BCUT2D eigenvalue weighted by atomic mass is 32.2. The normalized spacial score (nSPS) is 23.7. The first-order chi connectivity index (χ1) is 20.5. The van der Waals surface area contributed by atoms with Crippen molar-refractivity contribution < 1.29 is 13.2 Å². The van der Waals surface area contributed by atoms with Gasteiger partial charge in [0, 0.05) is 63.4 Å². The zero-order valence-corrected chi connectivity index (χ0v) is 27.5. The second-order valence-electron chi connectivity index (χ2n) is 13.1. The lowest BCUT2D eigenvalue weighted by Crippen LogP contribution is -2.64. The monoisotopic (exact) mass is 610 g/mol. The molecule has 0 radical (unpaired) electrons. The summed E-state index contributed by atoms with van der Waals surface area (Å²) in [5.74, 6) is 0.697. The molecule has 9 nitrogen and oxygen atoms in total. The van der Waals surface area contributed by atoms with Crippen molar-refractivity contribution >= 4 is 15.9 Å². The van der Waals surface area contributed by atoms with Crippen molar-refractivity contribution in [2.75, 3.05) is 51.6 Å². The highest BCUT2D eigenvalue weighted by molar-refractivity contribution is 7.89. The standard InChI is InChI=1S/C33H50N6O3S/c1-6-43(41,42)38-16-12-29(13-17-38)30(22-28-10-8-7-9-11-28)39-21-20-37(23-25(39)2)33(5)14-18-36(19-15-33)32(40)31-26(3)34-24-35-27(31)4/h7-11,24-25,29-30H,6,12-23H2,1-5H3/t25-,30-/m0/s1. The molecule has 2 aromatic rings. The van der Waals surface area contributed by atoms with Crippen LogP contribution in [-0.4, -0.2) is 112 Å². The predicted octanol–water partition coefficient (Wildman–Crippen LogP) is 3.77. The van der Waals surface area contributed by atoms with E-state index in [-0.39, 0.29) is 17.2 Å². The average Bonchev–Trinajstić information content (AvgIpc) is 3.01. The van der Waals surface area contributed by atoms with Crippen molar-refractivity contribution in [1.82, 2.24) is 29.0 Å². The zero-order chi connectivity index (χ0) is 30.8. The molecule has 3 aliphatic heterocycles. The molecule has 0 N–H and O–H groups in total. The molecule has 1 aromatic heterocycles. The molecule has 0 bridgehead atoms. The molecule has 0 aliphatic carbocycles. The van der Waals surface area contributed by atoms with Crippen LogP contribution in [0.3, 0.4) is 0 Å². The first-order valence-electron chi connectivity index (χ1n) is 16.1. The van der Waals surface area contributed by atoms with Gasteiger partial charge in [-0.25, -0.2) is 22.7 Å². The number of benzene rings is 1. The van der Waals surface area contributed by atoms with Crippen LogP contribution in [0, 0.1) is 19.8 Å². The number of amides is 1. The summed E-state index contributed by atoms with van der Waals surface area (Å²) in [6.45, 7) is 16.0. The number of hydrogen-bond acceptors (Lipinski definition) is 7. The number of likely N-dealkylation sites (tertiary alicyclic amines) is 1. The van der Waals surface area contributed by atoms with Gasteiger partial charge in [-0.3, -0.25) is 14.6 Å². The van der Waals surface area contributed by atoms with Gasteiger partial charge in [-0.05, 0) is 78.2 Å². The largest absolute Gasteiger partial charge is 0.338 e. The van der Waals surface area contributed by atoms with E-state index in [9.17, 15) is 13.2 Å². The lowest BCUT2D eigenvalue weighted by molar-refractivity contribution is -0.0412. The summed E-state index contributed by atoms with van der Waals surface area (Å²) in [4.78, 5) is 29.3. The number of aromatic nitrogens is 2. The molecule has 4 heterocycles. The Bertz CT molecular complexity index is 1330. The molecule has 236 valence electrons. The minimum Gasteiger partial charge on any atom is -0.338 e. The fourth-order valence-corrected chi connectivity index (χ4v) is 8.79. The fourth-order valence-electron chi connectivity index (χ4n) is 7.65. The van der Waals surface area contributed by atoms with Crippen LogP contribution in [0.2, 0.25) is 0 Å². The Morgan fingerprint density at radius 3 is 2.19 bits per heavy atom. The van der Waals surface area contributed by atoms with E-state index < -0.39 is 10.0 Å². The summed E-state index contributed by atoms with van der Waals surface area (Å²) in [5, 5.41) is 0. The van der Waals surface area contributed by atoms with E-state index >= 15 is 0 Å². The van der Waals surface area contributed by atoms with Gasteiger partial charge < -0.3 is 4.90 Å². The van der Waals surface area contributed by atoms with E-state index in [2.05, 4.69) is 63.9 Å². The molecule has 3 saturated heterocycles. The third-order valence-electron chi connectivity index (χ3n) is 10.5. The zero-order valence-electron chi connectivity index (χ0n) is 26.7. The maximum atomic E-state index is 13.4. The van der Waals surface area contributed by atoms with Gasteiger partial charge in [0.25, 0.3) is 5.91 Å². The Kier molecular flexibility index (Phi) is 9.90. The van der Waals surface area contributed by atoms with E-state index in [0.717, 1.165) is 76.2 Å². The molecule has 1 aromatic carbocycles. The molecule has 3 fully saturated rings. The van der Waals surface area contributed by atoms with Crippen LogP contribution in [-0.2, 0) is 16.4 Å². The summed E-state index contributed by atoms with van der Waals surface area (Å²) in [7, 11) is -3.14. The lowest BCUT2D eigenvalue weighted by atomic mass is 9.83. The molecule has 0 saturated carbocycles.